The molecule has 3 nitrogen and oxygen atoms in total. The molecule has 0 unspecified atom stereocenters. The summed E-state index contributed by atoms with van der Waals surface area (Å²) in [5.74, 6) is 0.00687. The molecule has 0 saturated heterocycles. The fourth-order valence-corrected chi connectivity index (χ4v) is 1.82. The summed E-state index contributed by atoms with van der Waals surface area (Å²) in [4.78, 5) is 0. The Hall–Kier alpha value is -1.27. The summed E-state index contributed by atoms with van der Waals surface area (Å²) in [6.45, 7) is 0. The van der Waals surface area contributed by atoms with Crippen LogP contribution in [-0.2, 0) is 12.1 Å². The van der Waals surface area contributed by atoms with E-state index in [-0.39, 0.29) is 16.6 Å². The quantitative estimate of drug-likeness (QED) is 0.791. The molecule has 0 spiro atoms. The molecule has 0 aliphatic rings. The average molecular weight is 296 g/mol. The Morgan fingerprint density at radius 3 is 2.61 bits per heavy atom. The van der Waals surface area contributed by atoms with Gasteiger partial charge in [-0.05, 0) is 18.2 Å². The van der Waals surface area contributed by atoms with E-state index in [0.717, 1.165) is 10.7 Å². The second-order valence-corrected chi connectivity index (χ2v) is 4.13. The summed E-state index contributed by atoms with van der Waals surface area (Å²) >= 11 is 11.2. The minimum absolute atomic E-state index is 0.00128. The lowest BCUT2D eigenvalue weighted by atomic mass is 10.1. The van der Waals surface area contributed by atoms with Gasteiger partial charge in [-0.3, -0.25) is 0 Å². The highest BCUT2D eigenvalue weighted by Gasteiger charge is 2.35. The van der Waals surface area contributed by atoms with E-state index in [2.05, 4.69) is 10.3 Å². The van der Waals surface area contributed by atoms with E-state index >= 15 is 0 Å². The van der Waals surface area contributed by atoms with Gasteiger partial charge in [-0.25, -0.2) is 4.68 Å². The largest absolute Gasteiger partial charge is 0.418 e. The standard InChI is InChI=1S/C10H6Cl2F3N3/c11-4-7-5-16-17-18(7)9-2-1-6(12)3-8(9)10(13,14)15/h1-3,5H,4H2. The van der Waals surface area contributed by atoms with Gasteiger partial charge >= 0.3 is 6.18 Å². The lowest BCUT2D eigenvalue weighted by molar-refractivity contribution is -0.137. The molecule has 0 saturated carbocycles. The van der Waals surface area contributed by atoms with E-state index in [0.29, 0.717) is 5.69 Å². The Bertz CT molecular complexity index is 566. The van der Waals surface area contributed by atoms with E-state index in [1.807, 2.05) is 0 Å². The van der Waals surface area contributed by atoms with Crippen LogP contribution >= 0.6 is 23.2 Å². The SMILES string of the molecule is FC(F)(F)c1cc(Cl)ccc1-n1nncc1CCl. The van der Waals surface area contributed by atoms with Gasteiger partial charge in [0.2, 0.25) is 0 Å². The zero-order valence-corrected chi connectivity index (χ0v) is 10.3. The zero-order chi connectivity index (χ0) is 13.3. The number of halogens is 5. The van der Waals surface area contributed by atoms with Crippen molar-refractivity contribution in [3.63, 3.8) is 0 Å². The normalized spacial score (nSPS) is 11.8. The third-order valence-corrected chi connectivity index (χ3v) is 2.76. The van der Waals surface area contributed by atoms with E-state index in [1.54, 1.807) is 0 Å². The molecule has 0 radical (unpaired) electrons. The van der Waals surface area contributed by atoms with Crippen LogP contribution in [0, 0.1) is 0 Å². The van der Waals surface area contributed by atoms with E-state index in [9.17, 15) is 13.2 Å². The highest BCUT2D eigenvalue weighted by molar-refractivity contribution is 6.30. The van der Waals surface area contributed by atoms with Crippen LogP contribution in [0.3, 0.4) is 0 Å². The zero-order valence-electron chi connectivity index (χ0n) is 8.75. The van der Waals surface area contributed by atoms with Gasteiger partial charge in [0.05, 0.1) is 29.0 Å². The number of hydrogen-bond donors (Lipinski definition) is 0. The third kappa shape index (κ3) is 2.44. The van der Waals surface area contributed by atoms with E-state index in [1.165, 1.54) is 18.3 Å². The topological polar surface area (TPSA) is 30.7 Å². The van der Waals surface area contributed by atoms with Crippen molar-refractivity contribution in [3.8, 4) is 5.69 Å². The fourth-order valence-electron chi connectivity index (χ4n) is 1.47. The van der Waals surface area contributed by atoms with E-state index in [4.69, 9.17) is 23.2 Å². The van der Waals surface area contributed by atoms with Gasteiger partial charge in [-0.2, -0.15) is 13.2 Å². The highest BCUT2D eigenvalue weighted by Crippen LogP contribution is 2.35. The first kappa shape index (κ1) is 13.2. The number of benzene rings is 1. The smallest absolute Gasteiger partial charge is 0.216 e. The molecule has 0 fully saturated rings. The second kappa shape index (κ2) is 4.78. The predicted molar refractivity (Wildman–Crippen MR) is 60.9 cm³/mol. The number of nitrogens with zero attached hydrogens (tertiary/aromatic N) is 3. The molecule has 0 aliphatic carbocycles. The maximum Gasteiger partial charge on any atom is 0.418 e. The van der Waals surface area contributed by atoms with Crippen molar-refractivity contribution in [2.75, 3.05) is 0 Å². The van der Waals surface area contributed by atoms with Gasteiger partial charge in [0.15, 0.2) is 0 Å². The monoisotopic (exact) mass is 295 g/mol. The molecule has 1 aromatic heterocycles. The average Bonchev–Trinajstić information content (AvgIpc) is 2.75. The van der Waals surface area contributed by atoms with Gasteiger partial charge in [-0.1, -0.05) is 16.8 Å². The second-order valence-electron chi connectivity index (χ2n) is 3.43. The molecule has 0 amide bonds. The summed E-state index contributed by atoms with van der Waals surface area (Å²) < 4.78 is 39.8. The van der Waals surface area contributed by atoms with Crippen LogP contribution in [0.5, 0.6) is 0 Å². The molecule has 1 aromatic carbocycles. The Morgan fingerprint density at radius 1 is 1.28 bits per heavy atom. The van der Waals surface area contributed by atoms with Crippen LogP contribution in [0.25, 0.3) is 5.69 Å². The molecule has 0 atom stereocenters. The highest BCUT2D eigenvalue weighted by atomic mass is 35.5. The van der Waals surface area contributed by atoms with Crippen molar-refractivity contribution in [2.45, 2.75) is 12.1 Å². The van der Waals surface area contributed by atoms with Gasteiger partial charge in [-0.15, -0.1) is 16.7 Å². The summed E-state index contributed by atoms with van der Waals surface area (Å²) in [5, 5.41) is 7.14. The first-order valence-electron chi connectivity index (χ1n) is 4.76. The number of alkyl halides is 4. The molecule has 96 valence electrons. The van der Waals surface area contributed by atoms with E-state index < -0.39 is 11.7 Å². The van der Waals surface area contributed by atoms with Crippen LogP contribution < -0.4 is 0 Å². The summed E-state index contributed by atoms with van der Waals surface area (Å²) in [6.07, 6.45) is -3.22. The molecular formula is C10H6Cl2F3N3. The van der Waals surface area contributed by atoms with Gasteiger partial charge in [0.25, 0.3) is 0 Å². The summed E-state index contributed by atoms with van der Waals surface area (Å²) in [5.41, 5.74) is -0.670. The summed E-state index contributed by atoms with van der Waals surface area (Å²) in [6, 6.07) is 3.43. The Labute approximate surface area is 110 Å². The van der Waals surface area contributed by atoms with Crippen LogP contribution in [0.15, 0.2) is 24.4 Å². The van der Waals surface area contributed by atoms with Crippen molar-refractivity contribution in [1.29, 1.82) is 0 Å². The van der Waals surface area contributed by atoms with Gasteiger partial charge < -0.3 is 0 Å². The van der Waals surface area contributed by atoms with Crippen LogP contribution in [0.2, 0.25) is 5.02 Å². The number of rotatable bonds is 2. The molecule has 0 N–H and O–H groups in total. The minimum atomic E-state index is -4.53. The summed E-state index contributed by atoms with van der Waals surface area (Å²) in [7, 11) is 0. The van der Waals surface area contributed by atoms with Crippen molar-refractivity contribution in [3.05, 3.63) is 40.7 Å². The Balaban J connectivity index is 2.65. The lowest BCUT2D eigenvalue weighted by Gasteiger charge is -2.13. The van der Waals surface area contributed by atoms with Crippen LogP contribution in [0.1, 0.15) is 11.3 Å². The molecule has 2 rings (SSSR count). The van der Waals surface area contributed by atoms with Crippen LogP contribution in [0.4, 0.5) is 13.2 Å². The first-order valence-corrected chi connectivity index (χ1v) is 5.67. The Kier molecular flexibility index (Phi) is 3.49. The fraction of sp³-hybridized carbons (Fsp3) is 0.200. The van der Waals surface area contributed by atoms with Crippen molar-refractivity contribution < 1.29 is 13.2 Å². The molecule has 8 heteroatoms. The maximum absolute atomic E-state index is 12.9. The predicted octanol–water partition coefficient (Wildman–Crippen LogP) is 3.68. The first-order chi connectivity index (χ1) is 8.43. The van der Waals surface area contributed by atoms with Crippen molar-refractivity contribution >= 4 is 23.2 Å². The number of hydrogen-bond acceptors (Lipinski definition) is 2. The van der Waals surface area contributed by atoms with Crippen molar-refractivity contribution in [1.82, 2.24) is 15.0 Å². The molecule has 1 heterocycles. The van der Waals surface area contributed by atoms with Gasteiger partial charge in [0, 0.05) is 5.02 Å². The molecule has 18 heavy (non-hydrogen) atoms. The van der Waals surface area contributed by atoms with Crippen molar-refractivity contribution in [2.24, 2.45) is 0 Å². The maximum atomic E-state index is 12.9. The van der Waals surface area contributed by atoms with Crippen LogP contribution in [-0.4, -0.2) is 15.0 Å². The molecule has 0 aliphatic heterocycles. The van der Waals surface area contributed by atoms with Gasteiger partial charge in [0.1, 0.15) is 0 Å². The lowest BCUT2D eigenvalue weighted by Crippen LogP contribution is -2.13. The number of aromatic nitrogens is 3. The molecular weight excluding hydrogens is 290 g/mol. The molecule has 0 bridgehead atoms. The minimum Gasteiger partial charge on any atom is -0.216 e. The third-order valence-electron chi connectivity index (χ3n) is 2.25. The molecule has 2 aromatic rings. The Morgan fingerprint density at radius 2 is 2.00 bits per heavy atom.